The quantitative estimate of drug-likeness (QED) is 0.258. The van der Waals surface area contributed by atoms with E-state index in [2.05, 4.69) is 39.8 Å². The summed E-state index contributed by atoms with van der Waals surface area (Å²) in [6.07, 6.45) is 9.78. The van der Waals surface area contributed by atoms with E-state index in [-0.39, 0.29) is 0 Å². The molecule has 0 spiro atoms. The molecule has 0 aromatic heterocycles. The molecule has 0 fully saturated rings. The molecule has 0 aromatic rings. The largest absolute Gasteiger partial charge is 0.494 e. The molecular weight excluding hydrogens is 232 g/mol. The minimum atomic E-state index is 0.510. The summed E-state index contributed by atoms with van der Waals surface area (Å²) in [5.41, 5.74) is 1.09. The van der Waals surface area contributed by atoms with Gasteiger partial charge in [0.15, 0.2) is 0 Å². The third-order valence-corrected chi connectivity index (χ3v) is 3.33. The average Bonchev–Trinajstić information content (AvgIpc) is 2.44. The van der Waals surface area contributed by atoms with Crippen molar-refractivity contribution in [2.45, 2.75) is 32.6 Å². The van der Waals surface area contributed by atoms with Gasteiger partial charge in [0.1, 0.15) is 5.76 Å². The highest BCUT2D eigenvalue weighted by Gasteiger charge is 2.11. The first-order chi connectivity index (χ1) is 9.03. The second-order valence-corrected chi connectivity index (χ2v) is 5.04. The molecule has 0 aliphatic heterocycles. The minimum Gasteiger partial charge on any atom is -0.494 e. The minimum absolute atomic E-state index is 0.510. The topological polar surface area (TPSA) is 9.23 Å². The summed E-state index contributed by atoms with van der Waals surface area (Å²) < 4.78 is 5.59. The summed E-state index contributed by atoms with van der Waals surface area (Å²) >= 11 is 0. The Balaban J connectivity index is 4.23. The lowest BCUT2D eigenvalue weighted by Gasteiger charge is -2.19. The van der Waals surface area contributed by atoms with Crippen LogP contribution in [0, 0.1) is 11.8 Å². The average molecular weight is 260 g/mol. The van der Waals surface area contributed by atoms with Crippen molar-refractivity contribution in [3.05, 3.63) is 62.5 Å². The van der Waals surface area contributed by atoms with Crippen LogP contribution in [0.5, 0.6) is 0 Å². The lowest BCUT2D eigenvalue weighted by molar-refractivity contribution is 0.161. The maximum absolute atomic E-state index is 5.59. The summed E-state index contributed by atoms with van der Waals surface area (Å²) in [5, 5.41) is 0. The lowest BCUT2D eigenvalue weighted by atomic mass is 9.92. The highest BCUT2D eigenvalue weighted by molar-refractivity contribution is 5.10. The monoisotopic (exact) mass is 260 g/mol. The van der Waals surface area contributed by atoms with Crippen molar-refractivity contribution >= 4 is 0 Å². The molecule has 0 aliphatic rings. The molecule has 0 aliphatic carbocycles. The maximum Gasteiger partial charge on any atom is 0.111 e. The molecule has 0 aromatic carbocycles. The Kier molecular flexibility index (Phi) is 9.60. The van der Waals surface area contributed by atoms with Crippen molar-refractivity contribution < 1.29 is 4.74 Å². The first-order valence-corrected chi connectivity index (χ1v) is 6.90. The van der Waals surface area contributed by atoms with E-state index in [0.29, 0.717) is 24.2 Å². The zero-order valence-corrected chi connectivity index (χ0v) is 12.4. The van der Waals surface area contributed by atoms with Gasteiger partial charge in [-0.15, -0.1) is 6.58 Å². The standard InChI is InChI=1S/C18H28O/c1-7-15(4)10-12-18(13-11-16(5)8-2)14-19-17(6)9-3/h7-9,16,18H,1-4,6,10-14H2,5H3. The van der Waals surface area contributed by atoms with Gasteiger partial charge in [-0.05, 0) is 43.6 Å². The van der Waals surface area contributed by atoms with Gasteiger partial charge in [-0.3, -0.25) is 0 Å². The number of hydrogen-bond acceptors (Lipinski definition) is 1. The summed E-state index contributed by atoms with van der Waals surface area (Å²) in [6, 6.07) is 0. The van der Waals surface area contributed by atoms with Gasteiger partial charge < -0.3 is 4.74 Å². The molecule has 0 amide bonds. The fourth-order valence-electron chi connectivity index (χ4n) is 1.70. The van der Waals surface area contributed by atoms with Crippen LogP contribution >= 0.6 is 0 Å². The normalized spacial score (nSPS) is 13.1. The van der Waals surface area contributed by atoms with E-state index in [1.165, 1.54) is 0 Å². The number of rotatable bonds is 12. The van der Waals surface area contributed by atoms with E-state index < -0.39 is 0 Å². The van der Waals surface area contributed by atoms with Gasteiger partial charge in [0.25, 0.3) is 0 Å². The molecule has 0 rings (SSSR count). The van der Waals surface area contributed by atoms with Crippen molar-refractivity contribution in [1.29, 1.82) is 0 Å². The smallest absolute Gasteiger partial charge is 0.111 e. The van der Waals surface area contributed by atoms with Crippen LogP contribution in [0.2, 0.25) is 0 Å². The number of hydrogen-bond donors (Lipinski definition) is 0. The molecule has 0 N–H and O–H groups in total. The second-order valence-electron chi connectivity index (χ2n) is 5.04. The van der Waals surface area contributed by atoms with Crippen LogP contribution in [0.4, 0.5) is 0 Å². The van der Waals surface area contributed by atoms with E-state index in [9.17, 15) is 0 Å². The Morgan fingerprint density at radius 3 is 2.26 bits per heavy atom. The fraction of sp³-hybridized carbons (Fsp3) is 0.444. The molecule has 1 heteroatoms. The van der Waals surface area contributed by atoms with Gasteiger partial charge in [-0.1, -0.05) is 51.0 Å². The van der Waals surface area contributed by atoms with Crippen LogP contribution < -0.4 is 0 Å². The lowest BCUT2D eigenvalue weighted by Crippen LogP contribution is -2.11. The highest BCUT2D eigenvalue weighted by atomic mass is 16.5. The van der Waals surface area contributed by atoms with Crippen molar-refractivity contribution in [2.75, 3.05) is 6.61 Å². The summed E-state index contributed by atoms with van der Waals surface area (Å²) in [4.78, 5) is 0. The Hall–Kier alpha value is -1.50. The van der Waals surface area contributed by atoms with Gasteiger partial charge in [0.05, 0.1) is 6.61 Å². The van der Waals surface area contributed by atoms with Gasteiger partial charge in [-0.25, -0.2) is 0 Å². The Morgan fingerprint density at radius 2 is 1.74 bits per heavy atom. The zero-order valence-electron chi connectivity index (χ0n) is 12.4. The van der Waals surface area contributed by atoms with Crippen LogP contribution in [0.1, 0.15) is 32.6 Å². The third kappa shape index (κ3) is 9.12. The molecule has 1 nitrogen and oxygen atoms in total. The molecule has 0 radical (unpaired) electrons. The molecule has 0 bridgehead atoms. The van der Waals surface area contributed by atoms with Gasteiger partial charge in [0, 0.05) is 0 Å². The van der Waals surface area contributed by atoms with Gasteiger partial charge in [-0.2, -0.15) is 0 Å². The van der Waals surface area contributed by atoms with Crippen molar-refractivity contribution in [3.8, 4) is 0 Å². The molecular formula is C18H28O. The summed E-state index contributed by atoms with van der Waals surface area (Å²) in [6.45, 7) is 21.8. The predicted molar refractivity (Wildman–Crippen MR) is 85.9 cm³/mol. The van der Waals surface area contributed by atoms with E-state index >= 15 is 0 Å². The fourth-order valence-corrected chi connectivity index (χ4v) is 1.70. The Labute approximate surface area is 119 Å². The molecule has 0 saturated carbocycles. The van der Waals surface area contributed by atoms with Crippen molar-refractivity contribution in [1.82, 2.24) is 0 Å². The van der Waals surface area contributed by atoms with E-state index in [1.54, 1.807) is 6.08 Å². The van der Waals surface area contributed by atoms with Crippen molar-refractivity contribution in [3.63, 3.8) is 0 Å². The number of allylic oxidation sites excluding steroid dienone is 4. The highest BCUT2D eigenvalue weighted by Crippen LogP contribution is 2.21. The van der Waals surface area contributed by atoms with E-state index in [0.717, 1.165) is 31.3 Å². The van der Waals surface area contributed by atoms with Gasteiger partial charge in [0.2, 0.25) is 0 Å². The van der Waals surface area contributed by atoms with Gasteiger partial charge >= 0.3 is 0 Å². The van der Waals surface area contributed by atoms with Crippen molar-refractivity contribution in [2.24, 2.45) is 11.8 Å². The molecule has 0 heterocycles. The zero-order chi connectivity index (χ0) is 14.7. The summed E-state index contributed by atoms with van der Waals surface area (Å²) in [7, 11) is 0. The third-order valence-electron chi connectivity index (χ3n) is 3.33. The number of ether oxygens (including phenoxy) is 1. The molecule has 2 unspecified atom stereocenters. The summed E-state index contributed by atoms with van der Waals surface area (Å²) in [5.74, 6) is 1.70. The van der Waals surface area contributed by atoms with E-state index in [1.807, 2.05) is 12.2 Å². The van der Waals surface area contributed by atoms with Crippen LogP contribution in [-0.4, -0.2) is 6.61 Å². The maximum atomic E-state index is 5.59. The Bertz CT molecular complexity index is 301. The molecule has 2 atom stereocenters. The molecule has 19 heavy (non-hydrogen) atoms. The predicted octanol–water partition coefficient (Wildman–Crippen LogP) is 5.44. The first-order valence-electron chi connectivity index (χ1n) is 6.90. The first kappa shape index (κ1) is 17.5. The Morgan fingerprint density at radius 1 is 1.05 bits per heavy atom. The van der Waals surface area contributed by atoms with Crippen LogP contribution in [-0.2, 0) is 4.74 Å². The van der Waals surface area contributed by atoms with Crippen LogP contribution in [0.3, 0.4) is 0 Å². The second kappa shape index (κ2) is 10.4. The SMILES string of the molecule is C=CC(=C)CCC(CCC(C)C=C)COC(=C)C=C. The molecule has 0 saturated heterocycles. The van der Waals surface area contributed by atoms with Crippen LogP contribution in [0.25, 0.3) is 0 Å². The van der Waals surface area contributed by atoms with E-state index in [4.69, 9.17) is 4.74 Å². The molecule has 106 valence electrons. The van der Waals surface area contributed by atoms with Crippen LogP contribution in [0.15, 0.2) is 62.5 Å².